The van der Waals surface area contributed by atoms with E-state index in [4.69, 9.17) is 5.73 Å². The summed E-state index contributed by atoms with van der Waals surface area (Å²) in [4.78, 5) is 16.5. The summed E-state index contributed by atoms with van der Waals surface area (Å²) in [5.74, 6) is -0.0757. The lowest BCUT2D eigenvalue weighted by Crippen LogP contribution is -2.16. The highest BCUT2D eigenvalue weighted by atomic mass is 32.1. The van der Waals surface area contributed by atoms with Gasteiger partial charge in [-0.1, -0.05) is 13.0 Å². The van der Waals surface area contributed by atoms with Gasteiger partial charge in [0.05, 0.1) is 11.3 Å². The summed E-state index contributed by atoms with van der Waals surface area (Å²) >= 11 is 1.73. The fourth-order valence-corrected chi connectivity index (χ4v) is 2.47. The quantitative estimate of drug-likeness (QED) is 0.868. The van der Waals surface area contributed by atoms with Crippen molar-refractivity contribution in [3.63, 3.8) is 0 Å². The Morgan fingerprint density at radius 1 is 1.56 bits per heavy atom. The molecule has 0 radical (unpaired) electrons. The number of anilines is 1. The number of hydrogen-bond donors (Lipinski definition) is 2. The Morgan fingerprint density at radius 3 is 3.06 bits per heavy atom. The van der Waals surface area contributed by atoms with Crippen LogP contribution in [0.4, 0.5) is 5.69 Å². The second-order valence-corrected chi connectivity index (χ2v) is 5.06. The van der Waals surface area contributed by atoms with Crippen molar-refractivity contribution in [2.24, 2.45) is 5.73 Å². The highest BCUT2D eigenvalue weighted by molar-refractivity contribution is 7.10. The summed E-state index contributed by atoms with van der Waals surface area (Å²) in [6.07, 6.45) is 3.13. The molecule has 5 heteroatoms. The minimum atomic E-state index is -0.464. The molecular weight excluding hydrogens is 246 g/mol. The third-order valence-electron chi connectivity index (χ3n) is 2.71. The van der Waals surface area contributed by atoms with Gasteiger partial charge in [-0.2, -0.15) is 0 Å². The van der Waals surface area contributed by atoms with Crippen LogP contribution in [0.5, 0.6) is 0 Å². The van der Waals surface area contributed by atoms with Crippen LogP contribution in [0.2, 0.25) is 0 Å². The third kappa shape index (κ3) is 2.87. The predicted molar refractivity (Wildman–Crippen MR) is 74.0 cm³/mol. The van der Waals surface area contributed by atoms with Crippen molar-refractivity contribution in [3.05, 3.63) is 46.4 Å². The Morgan fingerprint density at radius 2 is 2.39 bits per heavy atom. The van der Waals surface area contributed by atoms with E-state index in [1.807, 2.05) is 6.07 Å². The van der Waals surface area contributed by atoms with Crippen molar-refractivity contribution in [1.29, 1.82) is 0 Å². The van der Waals surface area contributed by atoms with Crippen molar-refractivity contribution in [3.8, 4) is 0 Å². The molecule has 2 heterocycles. The number of nitrogens with two attached hydrogens (primary N) is 1. The SMILES string of the molecule is CC(CNc1ccncc1C(N)=O)c1cccs1. The highest BCUT2D eigenvalue weighted by Crippen LogP contribution is 2.22. The Kier molecular flexibility index (Phi) is 3.94. The van der Waals surface area contributed by atoms with Gasteiger partial charge in [-0.05, 0) is 17.5 Å². The van der Waals surface area contributed by atoms with Crippen molar-refractivity contribution in [2.75, 3.05) is 11.9 Å². The molecule has 0 fully saturated rings. The fraction of sp³-hybridized carbons (Fsp3) is 0.231. The Balaban J connectivity index is 2.04. The lowest BCUT2D eigenvalue weighted by atomic mass is 10.1. The Labute approximate surface area is 110 Å². The fourth-order valence-electron chi connectivity index (χ4n) is 1.68. The Hall–Kier alpha value is -1.88. The molecular formula is C13H15N3OS. The number of hydrogen-bond acceptors (Lipinski definition) is 4. The van der Waals surface area contributed by atoms with Crippen LogP contribution in [0.1, 0.15) is 28.1 Å². The van der Waals surface area contributed by atoms with Crippen LogP contribution < -0.4 is 11.1 Å². The van der Waals surface area contributed by atoms with Crippen molar-refractivity contribution < 1.29 is 4.79 Å². The summed E-state index contributed by atoms with van der Waals surface area (Å²) in [5.41, 5.74) is 6.46. The van der Waals surface area contributed by atoms with Gasteiger partial charge in [-0.25, -0.2) is 0 Å². The van der Waals surface area contributed by atoms with Gasteiger partial charge in [0, 0.05) is 29.7 Å². The van der Waals surface area contributed by atoms with E-state index in [0.717, 1.165) is 12.2 Å². The van der Waals surface area contributed by atoms with Gasteiger partial charge in [-0.3, -0.25) is 9.78 Å². The predicted octanol–water partition coefficient (Wildman–Crippen LogP) is 2.46. The summed E-state index contributed by atoms with van der Waals surface area (Å²) in [6, 6.07) is 5.91. The largest absolute Gasteiger partial charge is 0.384 e. The van der Waals surface area contributed by atoms with Crippen LogP contribution in [0.3, 0.4) is 0 Å². The number of nitrogens with zero attached hydrogens (tertiary/aromatic N) is 1. The first kappa shape index (κ1) is 12.6. The van der Waals surface area contributed by atoms with Crippen molar-refractivity contribution >= 4 is 22.9 Å². The zero-order chi connectivity index (χ0) is 13.0. The van der Waals surface area contributed by atoms with Gasteiger partial charge in [0.2, 0.25) is 0 Å². The van der Waals surface area contributed by atoms with Gasteiger partial charge in [0.15, 0.2) is 0 Å². The molecule has 0 saturated heterocycles. The maximum Gasteiger partial charge on any atom is 0.252 e. The minimum Gasteiger partial charge on any atom is -0.384 e. The number of carbonyl (C=O) groups excluding carboxylic acids is 1. The van der Waals surface area contributed by atoms with E-state index in [2.05, 4.69) is 28.7 Å². The molecule has 1 amide bonds. The molecule has 18 heavy (non-hydrogen) atoms. The Bertz CT molecular complexity index is 525. The normalized spacial score (nSPS) is 12.1. The number of carbonyl (C=O) groups is 1. The lowest BCUT2D eigenvalue weighted by molar-refractivity contribution is 0.100. The molecule has 1 unspecified atom stereocenters. The molecule has 2 rings (SSSR count). The van der Waals surface area contributed by atoms with E-state index in [0.29, 0.717) is 11.5 Å². The second-order valence-electron chi connectivity index (χ2n) is 4.08. The van der Waals surface area contributed by atoms with Crippen LogP contribution in [0.25, 0.3) is 0 Å². The molecule has 2 aromatic rings. The van der Waals surface area contributed by atoms with Crippen LogP contribution in [-0.2, 0) is 0 Å². The number of primary amides is 1. The molecule has 0 aliphatic heterocycles. The molecule has 4 nitrogen and oxygen atoms in total. The van der Waals surface area contributed by atoms with E-state index in [1.54, 1.807) is 23.6 Å². The maximum absolute atomic E-state index is 11.2. The number of aromatic nitrogens is 1. The standard InChI is InChI=1S/C13H15N3OS/c1-9(12-3-2-6-18-12)7-16-11-4-5-15-8-10(11)13(14)17/h2-6,8-9H,7H2,1H3,(H2,14,17)(H,15,16). The topological polar surface area (TPSA) is 68.0 Å². The first-order valence-electron chi connectivity index (χ1n) is 5.69. The molecule has 0 spiro atoms. The van der Waals surface area contributed by atoms with Crippen molar-refractivity contribution in [2.45, 2.75) is 12.8 Å². The molecule has 1 atom stereocenters. The van der Waals surface area contributed by atoms with E-state index < -0.39 is 5.91 Å². The lowest BCUT2D eigenvalue weighted by Gasteiger charge is -2.13. The van der Waals surface area contributed by atoms with E-state index >= 15 is 0 Å². The van der Waals surface area contributed by atoms with Gasteiger partial charge in [-0.15, -0.1) is 11.3 Å². The first-order chi connectivity index (χ1) is 8.68. The van der Waals surface area contributed by atoms with E-state index in [9.17, 15) is 4.79 Å². The first-order valence-corrected chi connectivity index (χ1v) is 6.57. The smallest absolute Gasteiger partial charge is 0.252 e. The zero-order valence-electron chi connectivity index (χ0n) is 10.1. The zero-order valence-corrected chi connectivity index (χ0v) is 10.9. The van der Waals surface area contributed by atoms with Crippen LogP contribution in [0.15, 0.2) is 36.0 Å². The molecule has 0 saturated carbocycles. The summed E-state index contributed by atoms with van der Waals surface area (Å²) in [5, 5.41) is 5.31. The summed E-state index contributed by atoms with van der Waals surface area (Å²) < 4.78 is 0. The van der Waals surface area contributed by atoms with Crippen molar-refractivity contribution in [1.82, 2.24) is 4.98 Å². The van der Waals surface area contributed by atoms with E-state index in [-0.39, 0.29) is 0 Å². The van der Waals surface area contributed by atoms with Gasteiger partial charge >= 0.3 is 0 Å². The maximum atomic E-state index is 11.2. The molecule has 0 aliphatic rings. The van der Waals surface area contributed by atoms with Crippen LogP contribution in [-0.4, -0.2) is 17.4 Å². The highest BCUT2D eigenvalue weighted by Gasteiger charge is 2.10. The van der Waals surface area contributed by atoms with E-state index in [1.165, 1.54) is 11.1 Å². The minimum absolute atomic E-state index is 0.388. The summed E-state index contributed by atoms with van der Waals surface area (Å²) in [6.45, 7) is 2.90. The summed E-state index contributed by atoms with van der Waals surface area (Å²) in [7, 11) is 0. The average molecular weight is 261 g/mol. The second kappa shape index (κ2) is 5.64. The van der Waals surface area contributed by atoms with Gasteiger partial charge in [0.25, 0.3) is 5.91 Å². The molecule has 2 aromatic heterocycles. The molecule has 0 aliphatic carbocycles. The molecule has 94 valence electrons. The number of thiophene rings is 1. The molecule has 0 bridgehead atoms. The molecule has 3 N–H and O–H groups in total. The van der Waals surface area contributed by atoms with Crippen LogP contribution >= 0.6 is 11.3 Å². The number of nitrogens with one attached hydrogen (secondary N) is 1. The third-order valence-corrected chi connectivity index (χ3v) is 3.82. The van der Waals surface area contributed by atoms with Gasteiger partial charge < -0.3 is 11.1 Å². The number of amides is 1. The van der Waals surface area contributed by atoms with Gasteiger partial charge in [0.1, 0.15) is 0 Å². The number of rotatable bonds is 5. The molecule has 0 aromatic carbocycles. The monoisotopic (exact) mass is 261 g/mol. The van der Waals surface area contributed by atoms with Crippen LogP contribution in [0, 0.1) is 0 Å². The average Bonchev–Trinajstić information content (AvgIpc) is 2.90. The number of pyridine rings is 1.